The summed E-state index contributed by atoms with van der Waals surface area (Å²) in [5.74, 6) is 0. The van der Waals surface area contributed by atoms with Gasteiger partial charge in [-0.05, 0) is 54.4 Å². The number of nitrogens with zero attached hydrogens (tertiary/aromatic N) is 1. The third-order valence-corrected chi connectivity index (χ3v) is 7.05. The van der Waals surface area contributed by atoms with Gasteiger partial charge in [-0.3, -0.25) is 4.98 Å². The van der Waals surface area contributed by atoms with Gasteiger partial charge in [0.15, 0.2) is 0 Å². The first-order chi connectivity index (χ1) is 14.0. The van der Waals surface area contributed by atoms with E-state index in [4.69, 9.17) is 4.98 Å². The Morgan fingerprint density at radius 3 is 2.24 bits per heavy atom. The Labute approximate surface area is 175 Å². The quantitative estimate of drug-likeness (QED) is 0.305. The van der Waals surface area contributed by atoms with Crippen LogP contribution in [0.25, 0.3) is 31.4 Å². The van der Waals surface area contributed by atoms with Crippen molar-refractivity contribution in [2.45, 2.75) is 26.2 Å². The number of hydrogen-bond donors (Lipinski definition) is 0. The molecule has 2 heterocycles. The van der Waals surface area contributed by atoms with E-state index in [9.17, 15) is 0 Å². The molecule has 5 rings (SSSR count). The molecule has 2 heteroatoms. The van der Waals surface area contributed by atoms with Crippen molar-refractivity contribution < 1.29 is 0 Å². The van der Waals surface area contributed by atoms with Gasteiger partial charge in [-0.2, -0.15) is 0 Å². The molecule has 0 saturated carbocycles. The fourth-order valence-corrected chi connectivity index (χ4v) is 5.12. The van der Waals surface area contributed by atoms with Gasteiger partial charge in [-0.15, -0.1) is 11.3 Å². The molecule has 0 aliphatic carbocycles. The Hall–Kier alpha value is -2.97. The highest BCUT2D eigenvalue weighted by atomic mass is 32.1. The van der Waals surface area contributed by atoms with Gasteiger partial charge in [0.05, 0.1) is 5.69 Å². The van der Waals surface area contributed by atoms with Crippen LogP contribution in [0.5, 0.6) is 0 Å². The van der Waals surface area contributed by atoms with Gasteiger partial charge in [-0.1, -0.05) is 61.9 Å². The molecule has 0 fully saturated rings. The van der Waals surface area contributed by atoms with Crippen molar-refractivity contribution in [3.05, 3.63) is 102 Å². The largest absolute Gasteiger partial charge is 0.256 e. The van der Waals surface area contributed by atoms with Crippen LogP contribution in [0.3, 0.4) is 0 Å². The number of benzene rings is 3. The number of aryl methyl sites for hydroxylation is 1. The van der Waals surface area contributed by atoms with Crippen LogP contribution in [0.4, 0.5) is 0 Å². The average Bonchev–Trinajstić information content (AvgIpc) is 3.11. The summed E-state index contributed by atoms with van der Waals surface area (Å²) < 4.78 is 2.67. The summed E-state index contributed by atoms with van der Waals surface area (Å²) in [5.41, 5.74) is 6.01. The summed E-state index contributed by atoms with van der Waals surface area (Å²) in [6, 6.07) is 28.5. The minimum absolute atomic E-state index is 0.0742. The highest BCUT2D eigenvalue weighted by molar-refractivity contribution is 7.25. The van der Waals surface area contributed by atoms with Crippen LogP contribution >= 0.6 is 11.3 Å². The van der Waals surface area contributed by atoms with Crippen LogP contribution in [0.1, 0.15) is 30.5 Å². The molecule has 0 bridgehead atoms. The zero-order valence-electron chi connectivity index (χ0n) is 16.9. The van der Waals surface area contributed by atoms with Crippen molar-refractivity contribution in [2.75, 3.05) is 0 Å². The Kier molecular flexibility index (Phi) is 4.25. The SMILES string of the molecule is Cc1ccc2sc3ccc(-c4cc(C(C)(C)c5ccccc5)ccn4)cc3c2c1. The van der Waals surface area contributed by atoms with E-state index < -0.39 is 0 Å². The van der Waals surface area contributed by atoms with Crippen molar-refractivity contribution in [1.82, 2.24) is 4.98 Å². The molecule has 0 unspecified atom stereocenters. The maximum Gasteiger partial charge on any atom is 0.0705 e. The summed E-state index contributed by atoms with van der Waals surface area (Å²) in [5, 5.41) is 2.66. The van der Waals surface area contributed by atoms with Crippen LogP contribution in [0, 0.1) is 6.92 Å². The van der Waals surface area contributed by atoms with Gasteiger partial charge in [-0.25, -0.2) is 0 Å². The third-order valence-electron chi connectivity index (χ3n) is 5.90. The highest BCUT2D eigenvalue weighted by Gasteiger charge is 2.23. The van der Waals surface area contributed by atoms with Gasteiger partial charge in [0.2, 0.25) is 0 Å². The molecule has 0 spiro atoms. The number of rotatable bonds is 3. The minimum atomic E-state index is -0.0742. The first-order valence-corrected chi connectivity index (χ1v) is 10.8. The van der Waals surface area contributed by atoms with Crippen molar-refractivity contribution in [1.29, 1.82) is 0 Å². The fourth-order valence-electron chi connectivity index (χ4n) is 4.05. The standard InChI is InChI=1S/C27H23NS/c1-18-9-11-25-22(15-18)23-16-19(10-12-26(23)29-25)24-17-21(13-14-28-24)27(2,3)20-7-5-4-6-8-20/h4-17H,1-3H3. The third kappa shape index (κ3) is 3.14. The Balaban J connectivity index is 1.63. The molecule has 29 heavy (non-hydrogen) atoms. The van der Waals surface area contributed by atoms with Crippen LogP contribution in [-0.4, -0.2) is 4.98 Å². The zero-order chi connectivity index (χ0) is 20.0. The molecule has 0 N–H and O–H groups in total. The second-order valence-electron chi connectivity index (χ2n) is 8.23. The molecular formula is C27H23NS. The lowest BCUT2D eigenvalue weighted by Gasteiger charge is -2.26. The number of pyridine rings is 1. The second kappa shape index (κ2) is 6.82. The van der Waals surface area contributed by atoms with E-state index in [1.165, 1.54) is 42.4 Å². The summed E-state index contributed by atoms with van der Waals surface area (Å²) in [6.45, 7) is 6.71. The molecule has 0 amide bonds. The number of aromatic nitrogens is 1. The fraction of sp³-hybridized carbons (Fsp3) is 0.148. The van der Waals surface area contributed by atoms with Crippen LogP contribution < -0.4 is 0 Å². The molecule has 0 aliphatic rings. The Bertz CT molecular complexity index is 1330. The Morgan fingerprint density at radius 1 is 0.724 bits per heavy atom. The Morgan fingerprint density at radius 2 is 1.45 bits per heavy atom. The van der Waals surface area contributed by atoms with E-state index in [2.05, 4.69) is 99.6 Å². The second-order valence-corrected chi connectivity index (χ2v) is 9.32. The molecule has 142 valence electrons. The first kappa shape index (κ1) is 18.1. The van der Waals surface area contributed by atoms with E-state index >= 15 is 0 Å². The average molecular weight is 394 g/mol. The van der Waals surface area contributed by atoms with Crippen molar-refractivity contribution in [3.63, 3.8) is 0 Å². The molecule has 0 saturated heterocycles. The van der Waals surface area contributed by atoms with Gasteiger partial charge in [0.1, 0.15) is 0 Å². The van der Waals surface area contributed by atoms with Crippen LogP contribution in [0.15, 0.2) is 85.1 Å². The smallest absolute Gasteiger partial charge is 0.0705 e. The summed E-state index contributed by atoms with van der Waals surface area (Å²) >= 11 is 1.86. The molecule has 1 nitrogen and oxygen atoms in total. The molecule has 0 aliphatic heterocycles. The molecule has 2 aromatic heterocycles. The van der Waals surface area contributed by atoms with Crippen molar-refractivity contribution >= 4 is 31.5 Å². The van der Waals surface area contributed by atoms with Gasteiger partial charge < -0.3 is 0 Å². The van der Waals surface area contributed by atoms with E-state index in [1.54, 1.807) is 0 Å². The lowest BCUT2D eigenvalue weighted by molar-refractivity contribution is 0.640. The number of thiophene rings is 1. The molecule has 3 aromatic carbocycles. The zero-order valence-corrected chi connectivity index (χ0v) is 17.8. The monoisotopic (exact) mass is 393 g/mol. The highest BCUT2D eigenvalue weighted by Crippen LogP contribution is 2.37. The summed E-state index contributed by atoms with van der Waals surface area (Å²) in [4.78, 5) is 4.71. The van der Waals surface area contributed by atoms with Crippen molar-refractivity contribution in [2.24, 2.45) is 0 Å². The number of hydrogen-bond acceptors (Lipinski definition) is 2. The molecule has 0 radical (unpaired) electrons. The normalized spacial score (nSPS) is 12.0. The topological polar surface area (TPSA) is 12.9 Å². The van der Waals surface area contributed by atoms with Crippen LogP contribution in [-0.2, 0) is 5.41 Å². The molecule has 0 atom stereocenters. The van der Waals surface area contributed by atoms with Gasteiger partial charge in [0, 0.05) is 37.3 Å². The minimum Gasteiger partial charge on any atom is -0.256 e. The number of fused-ring (bicyclic) bond motifs is 3. The first-order valence-electron chi connectivity index (χ1n) is 9.98. The predicted octanol–water partition coefficient (Wildman–Crippen LogP) is 7.75. The van der Waals surface area contributed by atoms with Gasteiger partial charge >= 0.3 is 0 Å². The maximum atomic E-state index is 4.71. The maximum absolute atomic E-state index is 4.71. The van der Waals surface area contributed by atoms with E-state index in [0.29, 0.717) is 0 Å². The van der Waals surface area contributed by atoms with Crippen LogP contribution in [0.2, 0.25) is 0 Å². The lowest BCUT2D eigenvalue weighted by atomic mass is 9.78. The molecule has 5 aromatic rings. The van der Waals surface area contributed by atoms with E-state index in [-0.39, 0.29) is 5.41 Å². The summed E-state index contributed by atoms with van der Waals surface area (Å²) in [7, 11) is 0. The van der Waals surface area contributed by atoms with Crippen molar-refractivity contribution in [3.8, 4) is 11.3 Å². The molecular weight excluding hydrogens is 370 g/mol. The predicted molar refractivity (Wildman–Crippen MR) is 126 cm³/mol. The van der Waals surface area contributed by atoms with Gasteiger partial charge in [0.25, 0.3) is 0 Å². The lowest BCUT2D eigenvalue weighted by Crippen LogP contribution is -2.18. The summed E-state index contributed by atoms with van der Waals surface area (Å²) in [6.07, 6.45) is 1.94. The van der Waals surface area contributed by atoms with E-state index in [0.717, 1.165) is 5.69 Å². The van der Waals surface area contributed by atoms with E-state index in [1.807, 2.05) is 17.5 Å².